The minimum atomic E-state index is -0.157. The maximum atomic E-state index is 10.9. The van der Waals surface area contributed by atoms with Crippen molar-refractivity contribution >= 4 is 11.9 Å². The fourth-order valence-corrected chi connectivity index (χ4v) is 0.813. The molecule has 0 saturated heterocycles. The van der Waals surface area contributed by atoms with Gasteiger partial charge in [0, 0.05) is 6.92 Å². The topological polar surface area (TPSA) is 58.7 Å². The van der Waals surface area contributed by atoms with E-state index in [4.69, 9.17) is 5.21 Å². The van der Waals surface area contributed by atoms with E-state index in [0.29, 0.717) is 12.1 Å². The summed E-state index contributed by atoms with van der Waals surface area (Å²) in [6, 6.07) is -0.157. The van der Waals surface area contributed by atoms with Crippen LogP contribution in [0.2, 0.25) is 0 Å². The lowest BCUT2D eigenvalue weighted by atomic mass is 10.2. The molecule has 0 aromatic rings. The van der Waals surface area contributed by atoms with E-state index in [-0.39, 0.29) is 6.04 Å². The van der Waals surface area contributed by atoms with Crippen LogP contribution in [0.15, 0.2) is 5.16 Å². The Hall–Kier alpha value is -1.06. The van der Waals surface area contributed by atoms with Crippen molar-refractivity contribution in [3.05, 3.63) is 5.21 Å². The van der Waals surface area contributed by atoms with Gasteiger partial charge in [-0.15, -0.1) is 0 Å². The van der Waals surface area contributed by atoms with Gasteiger partial charge in [0.1, 0.15) is 6.21 Å². The lowest BCUT2D eigenvalue weighted by Crippen LogP contribution is -2.20. The number of hydrogen-bond donors (Lipinski definition) is 1. The Kier molecular flexibility index (Phi) is 4.26. The zero-order valence-corrected chi connectivity index (χ0v) is 7.11. The average molecular weight is 158 g/mol. The van der Waals surface area contributed by atoms with Gasteiger partial charge in [0.05, 0.1) is 12.1 Å². The Labute approximate surface area is 66.4 Å². The van der Waals surface area contributed by atoms with E-state index in [2.05, 4.69) is 5.16 Å². The highest BCUT2D eigenvalue weighted by atomic mass is 16.5. The van der Waals surface area contributed by atoms with Gasteiger partial charge in [-0.2, -0.15) is 0 Å². The molecule has 64 valence electrons. The van der Waals surface area contributed by atoms with E-state index >= 15 is 0 Å². The van der Waals surface area contributed by atoms with Crippen molar-refractivity contribution in [3.8, 4) is 0 Å². The molecule has 0 spiro atoms. The quantitative estimate of drug-likeness (QED) is 0.221. The monoisotopic (exact) mass is 158 g/mol. The molecule has 0 rings (SSSR count). The van der Waals surface area contributed by atoms with Gasteiger partial charge in [-0.3, -0.25) is 0 Å². The summed E-state index contributed by atoms with van der Waals surface area (Å²) in [7, 11) is 0. The van der Waals surface area contributed by atoms with Gasteiger partial charge in [-0.1, -0.05) is 5.16 Å². The lowest BCUT2D eigenvalue weighted by molar-refractivity contribution is -0.490. The van der Waals surface area contributed by atoms with Crippen LogP contribution in [0.3, 0.4) is 0 Å². The molecule has 0 aliphatic heterocycles. The number of rotatable bonds is 3. The number of nitrogens with zero attached hydrogens (tertiary/aromatic N) is 2. The molecule has 1 N–H and O–H groups in total. The second-order valence-corrected chi connectivity index (χ2v) is 2.51. The fraction of sp³-hybridized carbons (Fsp3) is 0.714. The lowest BCUT2D eigenvalue weighted by Gasteiger charge is -2.10. The minimum absolute atomic E-state index is 0.157. The van der Waals surface area contributed by atoms with E-state index in [0.717, 1.165) is 4.74 Å². The van der Waals surface area contributed by atoms with Crippen LogP contribution in [-0.4, -0.2) is 27.9 Å². The summed E-state index contributed by atoms with van der Waals surface area (Å²) < 4.78 is 0.842. The zero-order chi connectivity index (χ0) is 8.85. The molecule has 0 radical (unpaired) electrons. The van der Waals surface area contributed by atoms with Crippen molar-refractivity contribution in [2.75, 3.05) is 0 Å². The molecule has 1 atom stereocenters. The molecular formula is C7H14N2O2. The first-order chi connectivity index (χ1) is 5.11. The molecular weight excluding hydrogens is 144 g/mol. The van der Waals surface area contributed by atoms with Gasteiger partial charge >= 0.3 is 0 Å². The third kappa shape index (κ3) is 3.60. The molecule has 0 fully saturated rings. The SMILES string of the molecule is C/C=[N+](\[O-])C(C)C/C(C)=N/O. The normalized spacial score (nSPS) is 16.6. The Morgan fingerprint density at radius 2 is 2.36 bits per heavy atom. The van der Waals surface area contributed by atoms with Crippen molar-refractivity contribution in [1.29, 1.82) is 0 Å². The van der Waals surface area contributed by atoms with E-state index in [1.54, 1.807) is 20.8 Å². The molecule has 0 saturated carbocycles. The van der Waals surface area contributed by atoms with Gasteiger partial charge in [-0.05, 0) is 13.8 Å². The largest absolute Gasteiger partial charge is 0.624 e. The highest BCUT2D eigenvalue weighted by molar-refractivity contribution is 5.81. The highest BCUT2D eigenvalue weighted by Gasteiger charge is 2.09. The second-order valence-electron chi connectivity index (χ2n) is 2.51. The van der Waals surface area contributed by atoms with Crippen LogP contribution < -0.4 is 0 Å². The summed E-state index contributed by atoms with van der Waals surface area (Å²) in [5.74, 6) is 0. The molecule has 0 bridgehead atoms. The van der Waals surface area contributed by atoms with Crippen LogP contribution >= 0.6 is 0 Å². The predicted octanol–water partition coefficient (Wildman–Crippen LogP) is 1.22. The Morgan fingerprint density at radius 1 is 1.82 bits per heavy atom. The molecule has 0 amide bonds. The number of oxime groups is 1. The van der Waals surface area contributed by atoms with Crippen molar-refractivity contribution in [1.82, 2.24) is 0 Å². The van der Waals surface area contributed by atoms with E-state index in [1.807, 2.05) is 0 Å². The van der Waals surface area contributed by atoms with Crippen LogP contribution in [0.25, 0.3) is 0 Å². The van der Waals surface area contributed by atoms with Crippen molar-refractivity contribution in [2.24, 2.45) is 5.16 Å². The molecule has 0 aromatic heterocycles. The Morgan fingerprint density at radius 3 is 2.73 bits per heavy atom. The first-order valence-corrected chi connectivity index (χ1v) is 3.54. The van der Waals surface area contributed by atoms with Gasteiger partial charge in [0.2, 0.25) is 0 Å². The molecule has 0 aromatic carbocycles. The van der Waals surface area contributed by atoms with Gasteiger partial charge in [0.15, 0.2) is 6.04 Å². The van der Waals surface area contributed by atoms with Crippen LogP contribution in [0.5, 0.6) is 0 Å². The van der Waals surface area contributed by atoms with Gasteiger partial charge < -0.3 is 10.4 Å². The molecule has 4 nitrogen and oxygen atoms in total. The molecule has 11 heavy (non-hydrogen) atoms. The molecule has 0 aliphatic rings. The molecule has 1 unspecified atom stereocenters. The van der Waals surface area contributed by atoms with E-state index in [1.165, 1.54) is 6.21 Å². The third-order valence-corrected chi connectivity index (χ3v) is 1.45. The van der Waals surface area contributed by atoms with Crippen LogP contribution in [-0.2, 0) is 0 Å². The Bertz CT molecular complexity index is 175. The van der Waals surface area contributed by atoms with Crippen LogP contribution in [0, 0.1) is 5.21 Å². The van der Waals surface area contributed by atoms with Crippen molar-refractivity contribution < 1.29 is 9.95 Å². The van der Waals surface area contributed by atoms with Gasteiger partial charge in [0.25, 0.3) is 0 Å². The average Bonchev–Trinajstić information content (AvgIpc) is 2.02. The Balaban J connectivity index is 3.97. The first kappa shape index (κ1) is 9.94. The van der Waals surface area contributed by atoms with Crippen molar-refractivity contribution in [3.63, 3.8) is 0 Å². The summed E-state index contributed by atoms with van der Waals surface area (Å²) in [6.07, 6.45) is 1.94. The number of hydroxylamine groups is 1. The summed E-state index contributed by atoms with van der Waals surface area (Å²) >= 11 is 0. The fourth-order valence-electron chi connectivity index (χ4n) is 0.813. The maximum absolute atomic E-state index is 10.9. The smallest absolute Gasteiger partial charge is 0.165 e. The summed E-state index contributed by atoms with van der Waals surface area (Å²) in [4.78, 5) is 0. The molecule has 0 aliphatic carbocycles. The highest BCUT2D eigenvalue weighted by Crippen LogP contribution is 1.97. The van der Waals surface area contributed by atoms with E-state index in [9.17, 15) is 5.21 Å². The first-order valence-electron chi connectivity index (χ1n) is 3.54. The van der Waals surface area contributed by atoms with Gasteiger partial charge in [-0.25, -0.2) is 4.74 Å². The maximum Gasteiger partial charge on any atom is 0.165 e. The standard InChI is InChI=1S/C7H14N2O2/c1-4-9(11)7(3)5-6(2)8-10/h4,7,10H,5H2,1-3H3/b8-6+,9-4-. The second kappa shape index (κ2) is 4.71. The van der Waals surface area contributed by atoms with Crippen LogP contribution in [0.4, 0.5) is 0 Å². The molecule has 0 heterocycles. The zero-order valence-electron chi connectivity index (χ0n) is 7.11. The van der Waals surface area contributed by atoms with E-state index < -0.39 is 0 Å². The minimum Gasteiger partial charge on any atom is -0.624 e. The summed E-state index contributed by atoms with van der Waals surface area (Å²) in [5, 5.41) is 22.2. The summed E-state index contributed by atoms with van der Waals surface area (Å²) in [5.41, 5.74) is 0.570. The number of hydrogen-bond acceptors (Lipinski definition) is 3. The summed E-state index contributed by atoms with van der Waals surface area (Å²) in [6.45, 7) is 5.14. The molecule has 4 heteroatoms. The third-order valence-electron chi connectivity index (χ3n) is 1.45. The van der Waals surface area contributed by atoms with Crippen LogP contribution in [0.1, 0.15) is 27.2 Å². The predicted molar refractivity (Wildman–Crippen MR) is 44.3 cm³/mol. The van der Waals surface area contributed by atoms with Crippen molar-refractivity contribution in [2.45, 2.75) is 33.2 Å².